The van der Waals surface area contributed by atoms with Crippen molar-refractivity contribution in [2.75, 3.05) is 32.2 Å². The van der Waals surface area contributed by atoms with Gasteiger partial charge in [0.2, 0.25) is 5.88 Å². The molecule has 1 amide bonds. The lowest BCUT2D eigenvalue weighted by atomic mass is 9.89. The van der Waals surface area contributed by atoms with Crippen LogP contribution in [0.3, 0.4) is 0 Å². The van der Waals surface area contributed by atoms with E-state index in [1.807, 2.05) is 0 Å². The Labute approximate surface area is 105 Å². The van der Waals surface area contributed by atoms with Gasteiger partial charge in [-0.25, -0.2) is 4.98 Å². The monoisotopic (exact) mass is 251 g/mol. The standard InChI is InChI=1S/C12H17N3O3/c1-12(6-18-7-12)5-15-8-3-9(10(13)16)11(17-2)14-4-8/h3-4,15H,5-7H2,1-2H3,(H2,13,16). The van der Waals surface area contributed by atoms with Crippen LogP contribution in [-0.2, 0) is 4.74 Å². The first-order valence-corrected chi connectivity index (χ1v) is 5.69. The zero-order valence-electron chi connectivity index (χ0n) is 10.5. The van der Waals surface area contributed by atoms with Crippen LogP contribution >= 0.6 is 0 Å². The Kier molecular flexibility index (Phi) is 3.38. The number of hydrogen-bond acceptors (Lipinski definition) is 5. The van der Waals surface area contributed by atoms with Crippen molar-refractivity contribution < 1.29 is 14.3 Å². The SMILES string of the molecule is COc1ncc(NCC2(C)COC2)cc1C(N)=O. The number of anilines is 1. The molecule has 2 heterocycles. The molecule has 6 nitrogen and oxygen atoms in total. The minimum absolute atomic E-state index is 0.146. The van der Waals surface area contributed by atoms with E-state index in [-0.39, 0.29) is 16.9 Å². The summed E-state index contributed by atoms with van der Waals surface area (Å²) in [6, 6.07) is 1.65. The number of nitrogens with two attached hydrogens (primary N) is 1. The highest BCUT2D eigenvalue weighted by Gasteiger charge is 2.33. The van der Waals surface area contributed by atoms with Crippen LogP contribution in [0.1, 0.15) is 17.3 Å². The lowest BCUT2D eigenvalue weighted by molar-refractivity contribution is -0.0924. The number of nitrogens with zero attached hydrogens (tertiary/aromatic N) is 1. The first-order chi connectivity index (χ1) is 8.54. The lowest BCUT2D eigenvalue weighted by Crippen LogP contribution is -2.45. The average molecular weight is 251 g/mol. The van der Waals surface area contributed by atoms with Gasteiger partial charge in [0.15, 0.2) is 0 Å². The number of hydrogen-bond donors (Lipinski definition) is 2. The predicted octanol–water partition coefficient (Wildman–Crippen LogP) is 0.637. The second-order valence-corrected chi connectivity index (χ2v) is 4.80. The van der Waals surface area contributed by atoms with Crippen molar-refractivity contribution in [3.8, 4) is 5.88 Å². The summed E-state index contributed by atoms with van der Waals surface area (Å²) in [6.07, 6.45) is 1.62. The van der Waals surface area contributed by atoms with E-state index in [0.29, 0.717) is 0 Å². The zero-order chi connectivity index (χ0) is 13.2. The Hall–Kier alpha value is -1.82. The van der Waals surface area contributed by atoms with Crippen molar-refractivity contribution in [1.29, 1.82) is 0 Å². The Morgan fingerprint density at radius 3 is 2.89 bits per heavy atom. The third-order valence-electron chi connectivity index (χ3n) is 2.93. The Bertz CT molecular complexity index is 458. The molecule has 18 heavy (non-hydrogen) atoms. The summed E-state index contributed by atoms with van der Waals surface area (Å²) in [6.45, 7) is 4.38. The number of ether oxygens (including phenoxy) is 2. The Balaban J connectivity index is 2.09. The van der Waals surface area contributed by atoms with Gasteiger partial charge in [0.1, 0.15) is 5.56 Å². The molecular weight excluding hydrogens is 234 g/mol. The van der Waals surface area contributed by atoms with Crippen LogP contribution in [0.25, 0.3) is 0 Å². The molecule has 3 N–H and O–H groups in total. The summed E-state index contributed by atoms with van der Waals surface area (Å²) >= 11 is 0. The molecular formula is C12H17N3O3. The van der Waals surface area contributed by atoms with Crippen molar-refractivity contribution in [1.82, 2.24) is 4.98 Å². The van der Waals surface area contributed by atoms with E-state index in [2.05, 4.69) is 17.2 Å². The van der Waals surface area contributed by atoms with E-state index in [1.54, 1.807) is 12.3 Å². The molecule has 1 aliphatic rings. The molecule has 98 valence electrons. The zero-order valence-corrected chi connectivity index (χ0v) is 10.5. The van der Waals surface area contributed by atoms with Crippen molar-refractivity contribution in [3.63, 3.8) is 0 Å². The van der Waals surface area contributed by atoms with Crippen LogP contribution in [0, 0.1) is 5.41 Å². The summed E-state index contributed by atoms with van der Waals surface area (Å²) in [7, 11) is 1.45. The average Bonchev–Trinajstić information content (AvgIpc) is 2.33. The van der Waals surface area contributed by atoms with Crippen molar-refractivity contribution in [3.05, 3.63) is 17.8 Å². The number of primary amides is 1. The van der Waals surface area contributed by atoms with Crippen LogP contribution in [-0.4, -0.2) is 37.8 Å². The third kappa shape index (κ3) is 2.53. The summed E-state index contributed by atoms with van der Waals surface area (Å²) in [5.41, 5.74) is 6.44. The van der Waals surface area contributed by atoms with Crippen LogP contribution in [0.15, 0.2) is 12.3 Å². The molecule has 0 radical (unpaired) electrons. The summed E-state index contributed by atoms with van der Waals surface area (Å²) in [4.78, 5) is 15.3. The smallest absolute Gasteiger partial charge is 0.254 e. The maximum Gasteiger partial charge on any atom is 0.254 e. The fourth-order valence-corrected chi connectivity index (χ4v) is 1.76. The van der Waals surface area contributed by atoms with Crippen molar-refractivity contribution in [2.24, 2.45) is 11.1 Å². The quantitative estimate of drug-likeness (QED) is 0.802. The van der Waals surface area contributed by atoms with E-state index in [4.69, 9.17) is 15.2 Å². The van der Waals surface area contributed by atoms with Gasteiger partial charge in [0.25, 0.3) is 5.91 Å². The molecule has 0 saturated carbocycles. The number of methoxy groups -OCH3 is 1. The van der Waals surface area contributed by atoms with Gasteiger partial charge in [-0.3, -0.25) is 4.79 Å². The molecule has 0 spiro atoms. The molecule has 1 aromatic heterocycles. The number of rotatable bonds is 5. The molecule has 6 heteroatoms. The first kappa shape index (κ1) is 12.6. The van der Waals surface area contributed by atoms with E-state index in [1.165, 1.54) is 7.11 Å². The van der Waals surface area contributed by atoms with E-state index < -0.39 is 5.91 Å². The second-order valence-electron chi connectivity index (χ2n) is 4.80. The number of amides is 1. The Morgan fingerprint density at radius 1 is 1.67 bits per heavy atom. The maximum atomic E-state index is 11.3. The fourth-order valence-electron chi connectivity index (χ4n) is 1.76. The molecule has 2 rings (SSSR count). The second kappa shape index (κ2) is 4.81. The van der Waals surface area contributed by atoms with Crippen molar-refractivity contribution in [2.45, 2.75) is 6.92 Å². The number of carbonyl (C=O) groups is 1. The Morgan fingerprint density at radius 2 is 2.39 bits per heavy atom. The number of carbonyl (C=O) groups excluding carboxylic acids is 1. The molecule has 0 aliphatic carbocycles. The van der Waals surface area contributed by atoms with Crippen LogP contribution in [0.2, 0.25) is 0 Å². The van der Waals surface area contributed by atoms with Crippen LogP contribution < -0.4 is 15.8 Å². The number of aromatic nitrogens is 1. The number of nitrogens with one attached hydrogen (secondary N) is 1. The summed E-state index contributed by atoms with van der Waals surface area (Å²) in [5.74, 6) is -0.313. The number of pyridine rings is 1. The molecule has 0 unspecified atom stereocenters. The third-order valence-corrected chi connectivity index (χ3v) is 2.93. The van der Waals surface area contributed by atoms with E-state index in [0.717, 1.165) is 25.4 Å². The van der Waals surface area contributed by atoms with Gasteiger partial charge >= 0.3 is 0 Å². The molecule has 1 aromatic rings. The first-order valence-electron chi connectivity index (χ1n) is 5.69. The van der Waals surface area contributed by atoms with E-state index in [9.17, 15) is 4.79 Å². The lowest BCUT2D eigenvalue weighted by Gasteiger charge is -2.38. The molecule has 1 aliphatic heterocycles. The van der Waals surface area contributed by atoms with Gasteiger partial charge in [-0.2, -0.15) is 0 Å². The molecule has 1 saturated heterocycles. The highest BCUT2D eigenvalue weighted by molar-refractivity contribution is 5.95. The summed E-state index contributed by atoms with van der Waals surface area (Å²) < 4.78 is 10.2. The predicted molar refractivity (Wildman–Crippen MR) is 66.7 cm³/mol. The van der Waals surface area contributed by atoms with Gasteiger partial charge in [0.05, 0.1) is 32.2 Å². The van der Waals surface area contributed by atoms with Crippen LogP contribution in [0.5, 0.6) is 5.88 Å². The fraction of sp³-hybridized carbons (Fsp3) is 0.500. The van der Waals surface area contributed by atoms with Gasteiger partial charge in [-0.1, -0.05) is 6.92 Å². The van der Waals surface area contributed by atoms with Crippen LogP contribution in [0.4, 0.5) is 5.69 Å². The minimum Gasteiger partial charge on any atom is -0.480 e. The highest BCUT2D eigenvalue weighted by Crippen LogP contribution is 2.27. The van der Waals surface area contributed by atoms with Crippen molar-refractivity contribution >= 4 is 11.6 Å². The molecule has 0 aromatic carbocycles. The van der Waals surface area contributed by atoms with Gasteiger partial charge in [0, 0.05) is 12.0 Å². The molecule has 0 atom stereocenters. The maximum absolute atomic E-state index is 11.3. The topological polar surface area (TPSA) is 86.5 Å². The highest BCUT2D eigenvalue weighted by atomic mass is 16.5. The largest absolute Gasteiger partial charge is 0.480 e. The normalized spacial score (nSPS) is 16.8. The van der Waals surface area contributed by atoms with Gasteiger partial charge < -0.3 is 20.5 Å². The van der Waals surface area contributed by atoms with E-state index >= 15 is 0 Å². The summed E-state index contributed by atoms with van der Waals surface area (Å²) in [5, 5.41) is 3.23. The van der Waals surface area contributed by atoms with Gasteiger partial charge in [-0.15, -0.1) is 0 Å². The van der Waals surface area contributed by atoms with Gasteiger partial charge in [-0.05, 0) is 6.07 Å². The minimum atomic E-state index is -0.554. The molecule has 0 bridgehead atoms. The molecule has 1 fully saturated rings.